The van der Waals surface area contributed by atoms with Crippen molar-refractivity contribution in [3.05, 3.63) is 29.7 Å². The van der Waals surface area contributed by atoms with Gasteiger partial charge in [0, 0.05) is 45.1 Å². The van der Waals surface area contributed by atoms with Gasteiger partial charge in [-0.15, -0.1) is 0 Å². The SMILES string of the molecule is CC(=O)N1CCCN(C(=O)/C=C/c2ccc(C3CC3C)o2)CC1. The van der Waals surface area contributed by atoms with Crippen LogP contribution in [0.4, 0.5) is 0 Å². The quantitative estimate of drug-likeness (QED) is 0.805. The lowest BCUT2D eigenvalue weighted by atomic mass is 10.3. The Morgan fingerprint density at radius 1 is 1.17 bits per heavy atom. The van der Waals surface area contributed by atoms with E-state index in [1.807, 2.05) is 12.1 Å². The minimum absolute atomic E-state index is 0.0202. The summed E-state index contributed by atoms with van der Waals surface area (Å²) in [5.74, 6) is 3.07. The van der Waals surface area contributed by atoms with Gasteiger partial charge >= 0.3 is 0 Å². The predicted octanol–water partition coefficient (Wildman–Crippen LogP) is 2.50. The Labute approximate surface area is 136 Å². The molecular formula is C18H24N2O3. The molecule has 2 aliphatic rings. The Bertz CT molecular complexity index is 620. The second-order valence-corrected chi connectivity index (χ2v) is 6.58. The molecule has 124 valence electrons. The number of hydrogen-bond acceptors (Lipinski definition) is 3. The molecule has 0 N–H and O–H groups in total. The summed E-state index contributed by atoms with van der Waals surface area (Å²) in [4.78, 5) is 27.3. The molecule has 0 aromatic carbocycles. The van der Waals surface area contributed by atoms with Crippen molar-refractivity contribution < 1.29 is 14.0 Å². The highest BCUT2D eigenvalue weighted by Gasteiger charge is 2.36. The standard InChI is InChI=1S/C18H24N2O3/c1-13-12-16(13)17-6-4-15(23-17)5-7-18(22)20-9-3-8-19(10-11-20)14(2)21/h4-7,13,16H,3,8-12H2,1-2H3/b7-5+. The highest BCUT2D eigenvalue weighted by Crippen LogP contribution is 2.47. The number of rotatable bonds is 3. The topological polar surface area (TPSA) is 53.8 Å². The Kier molecular flexibility index (Phi) is 4.55. The van der Waals surface area contributed by atoms with E-state index in [4.69, 9.17) is 4.42 Å². The van der Waals surface area contributed by atoms with Crippen LogP contribution in [0.25, 0.3) is 6.08 Å². The van der Waals surface area contributed by atoms with Crippen LogP contribution < -0.4 is 0 Å². The molecule has 0 bridgehead atoms. The third-order valence-corrected chi connectivity index (χ3v) is 4.77. The Balaban J connectivity index is 1.55. The summed E-state index contributed by atoms with van der Waals surface area (Å²) in [5.41, 5.74) is 0. The Morgan fingerprint density at radius 3 is 2.57 bits per heavy atom. The highest BCUT2D eigenvalue weighted by atomic mass is 16.3. The van der Waals surface area contributed by atoms with E-state index < -0.39 is 0 Å². The maximum atomic E-state index is 12.3. The van der Waals surface area contributed by atoms with Crippen molar-refractivity contribution in [1.82, 2.24) is 9.80 Å². The maximum Gasteiger partial charge on any atom is 0.246 e. The summed E-state index contributed by atoms with van der Waals surface area (Å²) in [7, 11) is 0. The van der Waals surface area contributed by atoms with Gasteiger partial charge in [-0.05, 0) is 37.0 Å². The van der Waals surface area contributed by atoms with Crippen molar-refractivity contribution in [2.45, 2.75) is 32.6 Å². The zero-order valence-electron chi connectivity index (χ0n) is 13.8. The van der Waals surface area contributed by atoms with E-state index in [-0.39, 0.29) is 11.8 Å². The van der Waals surface area contributed by atoms with Crippen molar-refractivity contribution in [3.8, 4) is 0 Å². The summed E-state index contributed by atoms with van der Waals surface area (Å²) >= 11 is 0. The number of amides is 2. The van der Waals surface area contributed by atoms with Gasteiger partial charge in [-0.1, -0.05) is 6.92 Å². The first-order chi connectivity index (χ1) is 11.0. The van der Waals surface area contributed by atoms with Crippen LogP contribution in [0.15, 0.2) is 22.6 Å². The van der Waals surface area contributed by atoms with Crippen LogP contribution in [0.3, 0.4) is 0 Å². The molecular weight excluding hydrogens is 292 g/mol. The van der Waals surface area contributed by atoms with Crippen LogP contribution >= 0.6 is 0 Å². The third kappa shape index (κ3) is 3.84. The molecule has 2 atom stereocenters. The van der Waals surface area contributed by atoms with Crippen molar-refractivity contribution in [1.29, 1.82) is 0 Å². The molecule has 1 saturated carbocycles. The summed E-state index contributed by atoms with van der Waals surface area (Å²) in [6, 6.07) is 3.93. The maximum absolute atomic E-state index is 12.3. The zero-order chi connectivity index (χ0) is 16.4. The lowest BCUT2D eigenvalue weighted by molar-refractivity contribution is -0.130. The molecule has 1 aliphatic heterocycles. The van der Waals surface area contributed by atoms with Gasteiger partial charge in [0.2, 0.25) is 11.8 Å². The average Bonchev–Trinajstić information content (AvgIpc) is 3.15. The fraction of sp³-hybridized carbons (Fsp3) is 0.556. The number of hydrogen-bond donors (Lipinski definition) is 0. The van der Waals surface area contributed by atoms with E-state index in [0.29, 0.717) is 31.5 Å². The first-order valence-electron chi connectivity index (χ1n) is 8.37. The van der Waals surface area contributed by atoms with Crippen molar-refractivity contribution in [2.75, 3.05) is 26.2 Å². The van der Waals surface area contributed by atoms with Gasteiger partial charge in [0.15, 0.2) is 0 Å². The molecule has 5 heteroatoms. The number of carbonyl (C=O) groups is 2. The second kappa shape index (κ2) is 6.60. The first kappa shape index (κ1) is 15.8. The van der Waals surface area contributed by atoms with Gasteiger partial charge in [0.05, 0.1) is 0 Å². The molecule has 2 fully saturated rings. The van der Waals surface area contributed by atoms with Gasteiger partial charge in [0.25, 0.3) is 0 Å². The van der Waals surface area contributed by atoms with E-state index in [2.05, 4.69) is 6.92 Å². The van der Waals surface area contributed by atoms with Gasteiger partial charge in [-0.2, -0.15) is 0 Å². The lowest BCUT2D eigenvalue weighted by Gasteiger charge is -2.20. The van der Waals surface area contributed by atoms with Crippen molar-refractivity contribution in [2.24, 2.45) is 5.92 Å². The predicted molar refractivity (Wildman–Crippen MR) is 87.7 cm³/mol. The smallest absolute Gasteiger partial charge is 0.246 e. The first-order valence-corrected chi connectivity index (χ1v) is 8.37. The minimum Gasteiger partial charge on any atom is -0.461 e. The lowest BCUT2D eigenvalue weighted by Crippen LogP contribution is -2.35. The second-order valence-electron chi connectivity index (χ2n) is 6.58. The van der Waals surface area contributed by atoms with Gasteiger partial charge < -0.3 is 14.2 Å². The zero-order valence-corrected chi connectivity index (χ0v) is 13.8. The van der Waals surface area contributed by atoms with Gasteiger partial charge in [-0.25, -0.2) is 0 Å². The van der Waals surface area contributed by atoms with E-state index >= 15 is 0 Å². The molecule has 0 spiro atoms. The van der Waals surface area contributed by atoms with Crippen LogP contribution in [0, 0.1) is 5.92 Å². The molecule has 1 aromatic heterocycles. The molecule has 1 saturated heterocycles. The summed E-state index contributed by atoms with van der Waals surface area (Å²) in [6.07, 6.45) is 5.33. The van der Waals surface area contributed by atoms with Gasteiger partial charge in [-0.3, -0.25) is 9.59 Å². The molecule has 23 heavy (non-hydrogen) atoms. The minimum atomic E-state index is -0.0202. The van der Waals surface area contributed by atoms with E-state index in [0.717, 1.165) is 24.5 Å². The average molecular weight is 316 g/mol. The van der Waals surface area contributed by atoms with Crippen LogP contribution in [0.5, 0.6) is 0 Å². The van der Waals surface area contributed by atoms with Gasteiger partial charge in [0.1, 0.15) is 11.5 Å². The molecule has 5 nitrogen and oxygen atoms in total. The molecule has 2 unspecified atom stereocenters. The molecule has 0 radical (unpaired) electrons. The monoisotopic (exact) mass is 316 g/mol. The molecule has 1 aromatic rings. The van der Waals surface area contributed by atoms with Crippen molar-refractivity contribution in [3.63, 3.8) is 0 Å². The van der Waals surface area contributed by atoms with Crippen LogP contribution in [-0.4, -0.2) is 47.8 Å². The molecule has 1 aliphatic carbocycles. The number of carbonyl (C=O) groups excluding carboxylic acids is 2. The Morgan fingerprint density at radius 2 is 1.87 bits per heavy atom. The largest absolute Gasteiger partial charge is 0.461 e. The van der Waals surface area contributed by atoms with E-state index in [1.165, 1.54) is 6.42 Å². The molecule has 2 amide bonds. The van der Waals surface area contributed by atoms with E-state index in [1.54, 1.807) is 28.9 Å². The van der Waals surface area contributed by atoms with Crippen LogP contribution in [-0.2, 0) is 9.59 Å². The number of nitrogens with zero attached hydrogens (tertiary/aromatic N) is 2. The summed E-state index contributed by atoms with van der Waals surface area (Å²) < 4.78 is 5.78. The van der Waals surface area contributed by atoms with E-state index in [9.17, 15) is 9.59 Å². The Hall–Kier alpha value is -2.04. The fourth-order valence-corrected chi connectivity index (χ4v) is 3.09. The normalized spacial score (nSPS) is 24.8. The van der Waals surface area contributed by atoms with Crippen LogP contribution in [0.2, 0.25) is 0 Å². The highest BCUT2D eigenvalue weighted by molar-refractivity contribution is 5.91. The molecule has 3 rings (SSSR count). The molecule has 2 heterocycles. The number of furan rings is 1. The fourth-order valence-electron chi connectivity index (χ4n) is 3.09. The van der Waals surface area contributed by atoms with Crippen LogP contribution in [0.1, 0.15) is 44.1 Å². The third-order valence-electron chi connectivity index (χ3n) is 4.77. The summed E-state index contributed by atoms with van der Waals surface area (Å²) in [5, 5.41) is 0. The van der Waals surface area contributed by atoms with Crippen molar-refractivity contribution >= 4 is 17.9 Å². The summed E-state index contributed by atoms with van der Waals surface area (Å²) in [6.45, 7) is 6.41.